The first-order chi connectivity index (χ1) is 10.4. The van der Waals surface area contributed by atoms with E-state index >= 15 is 0 Å². The average Bonchev–Trinajstić information content (AvgIpc) is 2.42. The number of rotatable bonds is 4. The van der Waals surface area contributed by atoms with E-state index in [4.69, 9.17) is 34.8 Å². The molecule has 0 spiro atoms. The second-order valence-corrected chi connectivity index (χ2v) is 6.08. The fourth-order valence-corrected chi connectivity index (χ4v) is 2.89. The molecular weight excluding hydrogens is 348 g/mol. The third kappa shape index (κ3) is 4.13. The summed E-state index contributed by atoms with van der Waals surface area (Å²) in [7, 11) is 0. The van der Waals surface area contributed by atoms with E-state index in [1.807, 2.05) is 0 Å². The summed E-state index contributed by atoms with van der Waals surface area (Å²) in [5.74, 6) is -0.842. The van der Waals surface area contributed by atoms with E-state index in [0.29, 0.717) is 10.0 Å². The van der Waals surface area contributed by atoms with E-state index in [9.17, 15) is 9.18 Å². The minimum absolute atomic E-state index is 0.138. The standard InChI is InChI=1S/C16H13Cl3FNO/c1-9(11-6-5-10(17)7-14(11)19)21-16(22)8-12-13(18)3-2-4-15(12)20/h2-7,9H,8H2,1H3,(H,21,22)/t9-/m0/s1. The monoisotopic (exact) mass is 359 g/mol. The largest absolute Gasteiger partial charge is 0.349 e. The molecule has 0 fully saturated rings. The minimum atomic E-state index is -0.500. The third-order valence-electron chi connectivity index (χ3n) is 3.21. The molecular formula is C16H13Cl3FNO. The van der Waals surface area contributed by atoms with Crippen molar-refractivity contribution in [3.8, 4) is 0 Å². The Labute approximate surface area is 143 Å². The predicted octanol–water partition coefficient (Wildman–Crippen LogP) is 5.21. The number of carbonyl (C=O) groups is 1. The summed E-state index contributed by atoms with van der Waals surface area (Å²) >= 11 is 17.9. The summed E-state index contributed by atoms with van der Waals surface area (Å²) in [5.41, 5.74) is 0.912. The van der Waals surface area contributed by atoms with E-state index in [1.165, 1.54) is 12.1 Å². The number of halogens is 4. The van der Waals surface area contributed by atoms with Gasteiger partial charge in [0.25, 0.3) is 0 Å². The molecule has 0 saturated heterocycles. The zero-order valence-electron chi connectivity index (χ0n) is 11.7. The molecule has 0 aliphatic rings. The summed E-state index contributed by atoms with van der Waals surface area (Å²) in [6, 6.07) is 9.03. The fraction of sp³-hybridized carbons (Fsp3) is 0.188. The molecule has 2 nitrogen and oxygen atoms in total. The Morgan fingerprint density at radius 3 is 2.55 bits per heavy atom. The number of hydrogen-bond acceptors (Lipinski definition) is 1. The quantitative estimate of drug-likeness (QED) is 0.797. The lowest BCUT2D eigenvalue weighted by Gasteiger charge is -2.16. The maximum absolute atomic E-state index is 13.7. The summed E-state index contributed by atoms with van der Waals surface area (Å²) in [4.78, 5) is 12.1. The molecule has 0 heterocycles. The van der Waals surface area contributed by atoms with Gasteiger partial charge in [0.2, 0.25) is 5.91 Å². The lowest BCUT2D eigenvalue weighted by Crippen LogP contribution is -2.28. The van der Waals surface area contributed by atoms with Gasteiger partial charge in [-0.1, -0.05) is 46.9 Å². The number of benzene rings is 2. The molecule has 2 aromatic carbocycles. The highest BCUT2D eigenvalue weighted by molar-refractivity contribution is 6.35. The topological polar surface area (TPSA) is 29.1 Å². The van der Waals surface area contributed by atoms with Gasteiger partial charge < -0.3 is 5.32 Å². The second kappa shape index (κ2) is 7.32. The first-order valence-electron chi connectivity index (χ1n) is 6.55. The Morgan fingerprint density at radius 2 is 1.91 bits per heavy atom. The number of amides is 1. The maximum atomic E-state index is 13.7. The van der Waals surface area contributed by atoms with E-state index < -0.39 is 5.82 Å². The van der Waals surface area contributed by atoms with Crippen LogP contribution in [0.25, 0.3) is 0 Å². The zero-order chi connectivity index (χ0) is 16.3. The van der Waals surface area contributed by atoms with Gasteiger partial charge in [-0.25, -0.2) is 4.39 Å². The second-order valence-electron chi connectivity index (χ2n) is 4.83. The number of hydrogen-bond donors (Lipinski definition) is 1. The predicted molar refractivity (Wildman–Crippen MR) is 88.1 cm³/mol. The molecule has 1 atom stereocenters. The SMILES string of the molecule is C[C@H](NC(=O)Cc1c(F)cccc1Cl)c1ccc(Cl)cc1Cl. The van der Waals surface area contributed by atoms with Crippen molar-refractivity contribution in [3.63, 3.8) is 0 Å². The van der Waals surface area contributed by atoms with Gasteiger partial charge in [0, 0.05) is 20.6 Å². The number of nitrogens with one attached hydrogen (secondary N) is 1. The Kier molecular flexibility index (Phi) is 5.68. The molecule has 22 heavy (non-hydrogen) atoms. The van der Waals surface area contributed by atoms with Crippen LogP contribution in [-0.4, -0.2) is 5.91 Å². The van der Waals surface area contributed by atoms with Gasteiger partial charge in [-0.05, 0) is 36.8 Å². The smallest absolute Gasteiger partial charge is 0.225 e. The Balaban J connectivity index is 2.08. The lowest BCUT2D eigenvalue weighted by molar-refractivity contribution is -0.121. The van der Waals surface area contributed by atoms with Crippen molar-refractivity contribution in [3.05, 3.63) is 68.4 Å². The van der Waals surface area contributed by atoms with Crippen LogP contribution < -0.4 is 5.32 Å². The molecule has 116 valence electrons. The molecule has 0 unspecified atom stereocenters. The molecule has 0 aromatic heterocycles. The first kappa shape index (κ1) is 17.1. The maximum Gasteiger partial charge on any atom is 0.225 e. The fourth-order valence-electron chi connectivity index (χ4n) is 2.08. The van der Waals surface area contributed by atoms with Crippen LogP contribution in [0.4, 0.5) is 4.39 Å². The molecule has 0 radical (unpaired) electrons. The molecule has 0 saturated carbocycles. The van der Waals surface area contributed by atoms with Gasteiger partial charge in [-0.3, -0.25) is 4.79 Å². The van der Waals surface area contributed by atoms with Crippen LogP contribution in [-0.2, 0) is 11.2 Å². The molecule has 0 aliphatic carbocycles. The zero-order valence-corrected chi connectivity index (χ0v) is 13.9. The van der Waals surface area contributed by atoms with Crippen LogP contribution in [0, 0.1) is 5.82 Å². The van der Waals surface area contributed by atoms with Crippen molar-refractivity contribution in [2.75, 3.05) is 0 Å². The minimum Gasteiger partial charge on any atom is -0.349 e. The molecule has 1 N–H and O–H groups in total. The van der Waals surface area contributed by atoms with E-state index in [-0.39, 0.29) is 29.0 Å². The highest BCUT2D eigenvalue weighted by Crippen LogP contribution is 2.26. The van der Waals surface area contributed by atoms with E-state index in [2.05, 4.69) is 5.32 Å². The van der Waals surface area contributed by atoms with Crippen molar-refractivity contribution < 1.29 is 9.18 Å². The van der Waals surface area contributed by atoms with Crippen molar-refractivity contribution in [1.82, 2.24) is 5.32 Å². The lowest BCUT2D eigenvalue weighted by atomic mass is 10.1. The van der Waals surface area contributed by atoms with Crippen molar-refractivity contribution in [2.45, 2.75) is 19.4 Å². The Morgan fingerprint density at radius 1 is 1.18 bits per heavy atom. The molecule has 0 aliphatic heterocycles. The molecule has 1 amide bonds. The van der Waals surface area contributed by atoms with Crippen molar-refractivity contribution in [2.24, 2.45) is 0 Å². The summed E-state index contributed by atoms with van der Waals surface area (Å²) in [6.45, 7) is 1.79. The van der Waals surface area contributed by atoms with Gasteiger partial charge in [0.1, 0.15) is 5.82 Å². The number of carbonyl (C=O) groups excluding carboxylic acids is 1. The first-order valence-corrected chi connectivity index (χ1v) is 7.69. The van der Waals surface area contributed by atoms with Crippen LogP contribution in [0.5, 0.6) is 0 Å². The van der Waals surface area contributed by atoms with Crippen LogP contribution in [0.15, 0.2) is 36.4 Å². The Bertz CT molecular complexity index is 686. The highest BCUT2D eigenvalue weighted by atomic mass is 35.5. The van der Waals surface area contributed by atoms with Gasteiger partial charge in [0.05, 0.1) is 12.5 Å². The molecule has 2 aromatic rings. The summed E-state index contributed by atoms with van der Waals surface area (Å²) < 4.78 is 13.7. The van der Waals surface area contributed by atoms with Crippen LogP contribution in [0.1, 0.15) is 24.1 Å². The van der Waals surface area contributed by atoms with Crippen LogP contribution in [0.2, 0.25) is 15.1 Å². The summed E-state index contributed by atoms with van der Waals surface area (Å²) in [6.07, 6.45) is -0.138. The molecule has 6 heteroatoms. The van der Waals surface area contributed by atoms with Gasteiger partial charge in [-0.15, -0.1) is 0 Å². The van der Waals surface area contributed by atoms with Gasteiger partial charge in [-0.2, -0.15) is 0 Å². The van der Waals surface area contributed by atoms with Crippen molar-refractivity contribution in [1.29, 1.82) is 0 Å². The third-order valence-corrected chi connectivity index (χ3v) is 4.12. The normalized spacial score (nSPS) is 12.0. The Hall–Kier alpha value is -1.29. The van der Waals surface area contributed by atoms with Crippen LogP contribution in [0.3, 0.4) is 0 Å². The van der Waals surface area contributed by atoms with Gasteiger partial charge >= 0.3 is 0 Å². The van der Waals surface area contributed by atoms with Gasteiger partial charge in [0.15, 0.2) is 0 Å². The van der Waals surface area contributed by atoms with Crippen LogP contribution >= 0.6 is 34.8 Å². The van der Waals surface area contributed by atoms with E-state index in [0.717, 1.165) is 5.56 Å². The van der Waals surface area contributed by atoms with Crippen molar-refractivity contribution >= 4 is 40.7 Å². The average molecular weight is 361 g/mol. The highest BCUT2D eigenvalue weighted by Gasteiger charge is 2.16. The molecule has 2 rings (SSSR count). The summed E-state index contributed by atoms with van der Waals surface area (Å²) in [5, 5.41) is 3.98. The molecule has 0 bridgehead atoms. The van der Waals surface area contributed by atoms with E-state index in [1.54, 1.807) is 31.2 Å².